The number of rotatable bonds is 4. The molecule has 2 N–H and O–H groups in total. The van der Waals surface area contributed by atoms with Crippen molar-refractivity contribution in [3.8, 4) is 0 Å². The number of nitrogens with one attached hydrogen (secondary N) is 1. The van der Waals surface area contributed by atoms with Crippen LogP contribution >= 0.6 is 0 Å². The van der Waals surface area contributed by atoms with Crippen LogP contribution in [0.1, 0.15) is 27.2 Å². The summed E-state index contributed by atoms with van der Waals surface area (Å²) in [6.07, 6.45) is 0.478. The molecule has 1 saturated heterocycles. The summed E-state index contributed by atoms with van der Waals surface area (Å²) < 4.78 is 22.8. The van der Waals surface area contributed by atoms with Gasteiger partial charge in [0.25, 0.3) is 0 Å². The van der Waals surface area contributed by atoms with Gasteiger partial charge < -0.3 is 5.11 Å². The highest BCUT2D eigenvalue weighted by atomic mass is 32.2. The van der Waals surface area contributed by atoms with E-state index in [0.717, 1.165) is 0 Å². The maximum atomic E-state index is 11.4. The lowest BCUT2D eigenvalue weighted by molar-refractivity contribution is -0.141. The predicted molar refractivity (Wildman–Crippen MR) is 61.1 cm³/mol. The third-order valence-electron chi connectivity index (χ3n) is 2.94. The van der Waals surface area contributed by atoms with Crippen LogP contribution in [0.5, 0.6) is 0 Å². The molecule has 0 bridgehead atoms. The van der Waals surface area contributed by atoms with Crippen LogP contribution in [0.2, 0.25) is 0 Å². The van der Waals surface area contributed by atoms with Crippen molar-refractivity contribution in [1.82, 2.24) is 5.32 Å². The van der Waals surface area contributed by atoms with Gasteiger partial charge >= 0.3 is 5.97 Å². The van der Waals surface area contributed by atoms with E-state index < -0.39 is 27.4 Å². The van der Waals surface area contributed by atoms with Crippen molar-refractivity contribution in [2.75, 3.05) is 11.5 Å². The van der Waals surface area contributed by atoms with Crippen LogP contribution in [0, 0.1) is 5.92 Å². The summed E-state index contributed by atoms with van der Waals surface area (Å²) >= 11 is 0. The predicted octanol–water partition coefficient (Wildman–Crippen LogP) is 0.262. The number of sulfone groups is 1. The van der Waals surface area contributed by atoms with Crippen molar-refractivity contribution in [3.05, 3.63) is 0 Å². The number of hydrogen-bond donors (Lipinski definition) is 2. The molecule has 0 aromatic rings. The molecule has 1 rings (SSSR count). The van der Waals surface area contributed by atoms with E-state index in [2.05, 4.69) is 5.32 Å². The average Bonchev–Trinajstić information content (AvgIpc) is 2.36. The fourth-order valence-electron chi connectivity index (χ4n) is 2.01. The molecule has 0 radical (unpaired) electrons. The largest absolute Gasteiger partial charge is 0.480 e. The molecule has 94 valence electrons. The molecule has 5 nitrogen and oxygen atoms in total. The summed E-state index contributed by atoms with van der Waals surface area (Å²) in [5, 5.41) is 12.0. The van der Waals surface area contributed by atoms with Gasteiger partial charge in [-0.2, -0.15) is 0 Å². The van der Waals surface area contributed by atoms with Crippen LogP contribution in [0.3, 0.4) is 0 Å². The Balaban J connectivity index is 2.76. The van der Waals surface area contributed by atoms with Crippen LogP contribution < -0.4 is 5.32 Å². The van der Waals surface area contributed by atoms with Crippen molar-refractivity contribution in [1.29, 1.82) is 0 Å². The number of carboxylic acids is 1. The first-order valence-electron chi connectivity index (χ1n) is 5.36. The molecule has 1 aliphatic heterocycles. The van der Waals surface area contributed by atoms with E-state index in [-0.39, 0.29) is 17.4 Å². The zero-order chi connectivity index (χ0) is 12.6. The van der Waals surface area contributed by atoms with E-state index in [9.17, 15) is 13.2 Å². The molecule has 2 unspecified atom stereocenters. The highest BCUT2D eigenvalue weighted by Gasteiger charge is 2.41. The number of aliphatic carboxylic acids is 1. The first-order chi connectivity index (χ1) is 7.15. The van der Waals surface area contributed by atoms with E-state index in [0.29, 0.717) is 6.42 Å². The van der Waals surface area contributed by atoms with Gasteiger partial charge in [0.05, 0.1) is 11.5 Å². The highest BCUT2D eigenvalue weighted by molar-refractivity contribution is 7.91. The first-order valence-corrected chi connectivity index (χ1v) is 7.18. The van der Waals surface area contributed by atoms with Crippen LogP contribution in [-0.4, -0.2) is 42.6 Å². The fourth-order valence-corrected chi connectivity index (χ4v) is 4.12. The van der Waals surface area contributed by atoms with Crippen molar-refractivity contribution >= 4 is 15.8 Å². The topological polar surface area (TPSA) is 83.5 Å². The average molecular weight is 249 g/mol. The van der Waals surface area contributed by atoms with Crippen LogP contribution in [-0.2, 0) is 14.6 Å². The summed E-state index contributed by atoms with van der Waals surface area (Å²) in [7, 11) is -3.01. The molecule has 1 heterocycles. The monoisotopic (exact) mass is 249 g/mol. The van der Waals surface area contributed by atoms with Crippen LogP contribution in [0.4, 0.5) is 0 Å². The second kappa shape index (κ2) is 4.33. The number of hydrogen-bond acceptors (Lipinski definition) is 4. The molecule has 6 heteroatoms. The minimum Gasteiger partial charge on any atom is -0.480 e. The molecule has 0 aliphatic carbocycles. The first kappa shape index (κ1) is 13.4. The second-order valence-electron chi connectivity index (χ2n) is 5.11. The third kappa shape index (κ3) is 3.18. The Morgan fingerprint density at radius 2 is 2.00 bits per heavy atom. The van der Waals surface area contributed by atoms with Gasteiger partial charge in [-0.25, -0.2) is 8.42 Å². The van der Waals surface area contributed by atoms with Gasteiger partial charge in [-0.05, 0) is 19.3 Å². The van der Waals surface area contributed by atoms with E-state index in [1.54, 1.807) is 20.8 Å². The van der Waals surface area contributed by atoms with Gasteiger partial charge in [-0.15, -0.1) is 0 Å². The second-order valence-corrected chi connectivity index (χ2v) is 7.29. The van der Waals surface area contributed by atoms with Crippen molar-refractivity contribution in [2.24, 2.45) is 5.92 Å². The maximum absolute atomic E-state index is 11.4. The van der Waals surface area contributed by atoms with E-state index in [4.69, 9.17) is 5.11 Å². The Labute approximate surface area is 96.1 Å². The molecule has 1 aliphatic rings. The number of carboxylic acid groups (broad SMARTS) is 1. The maximum Gasteiger partial charge on any atom is 0.320 e. The molecule has 0 aromatic heterocycles. The molecule has 1 fully saturated rings. The number of carbonyl (C=O) groups is 1. The third-order valence-corrected chi connectivity index (χ3v) is 4.84. The Hall–Kier alpha value is -0.620. The standard InChI is InChI=1S/C10H19NO4S/c1-7(2)8(9(12)13)11-10(3)4-5-16(14,15)6-10/h7-8,11H,4-6H2,1-3H3,(H,12,13). The Bertz CT molecular complexity index is 376. The summed E-state index contributed by atoms with van der Waals surface area (Å²) in [5.74, 6) is -0.838. The minimum atomic E-state index is -3.01. The zero-order valence-corrected chi connectivity index (χ0v) is 10.7. The fraction of sp³-hybridized carbons (Fsp3) is 0.900. The lowest BCUT2D eigenvalue weighted by Gasteiger charge is -2.30. The zero-order valence-electron chi connectivity index (χ0n) is 9.86. The molecule has 0 saturated carbocycles. The van der Waals surface area contributed by atoms with Gasteiger partial charge in [0.15, 0.2) is 9.84 Å². The van der Waals surface area contributed by atoms with Gasteiger partial charge in [0, 0.05) is 5.54 Å². The van der Waals surface area contributed by atoms with Gasteiger partial charge in [0.2, 0.25) is 0 Å². The van der Waals surface area contributed by atoms with Crippen LogP contribution in [0.25, 0.3) is 0 Å². The lowest BCUT2D eigenvalue weighted by atomic mass is 9.96. The van der Waals surface area contributed by atoms with Crippen molar-refractivity contribution in [3.63, 3.8) is 0 Å². The van der Waals surface area contributed by atoms with Crippen LogP contribution in [0.15, 0.2) is 0 Å². The minimum absolute atomic E-state index is 0.0243. The van der Waals surface area contributed by atoms with E-state index in [1.165, 1.54) is 0 Å². The van der Waals surface area contributed by atoms with E-state index >= 15 is 0 Å². The molecule has 0 amide bonds. The Morgan fingerprint density at radius 1 is 1.44 bits per heavy atom. The lowest BCUT2D eigenvalue weighted by Crippen LogP contribution is -2.54. The van der Waals surface area contributed by atoms with Crippen molar-refractivity contribution < 1.29 is 18.3 Å². The molecule has 16 heavy (non-hydrogen) atoms. The summed E-state index contributed by atoms with van der Waals surface area (Å²) in [6.45, 7) is 5.38. The molecule has 2 atom stereocenters. The molecule has 0 aromatic carbocycles. The SMILES string of the molecule is CC(C)C(NC1(C)CCS(=O)(=O)C1)C(=O)O. The Morgan fingerprint density at radius 3 is 2.31 bits per heavy atom. The van der Waals surface area contributed by atoms with Crippen molar-refractivity contribution in [2.45, 2.75) is 38.8 Å². The summed E-state index contributed by atoms with van der Waals surface area (Å²) in [6, 6.07) is -0.696. The quantitative estimate of drug-likeness (QED) is 0.747. The molecular weight excluding hydrogens is 230 g/mol. The van der Waals surface area contributed by atoms with Gasteiger partial charge in [-0.1, -0.05) is 13.8 Å². The molecular formula is C10H19NO4S. The molecule has 0 spiro atoms. The van der Waals surface area contributed by atoms with Gasteiger partial charge in [0.1, 0.15) is 6.04 Å². The normalized spacial score (nSPS) is 30.5. The summed E-state index contributed by atoms with van der Waals surface area (Å²) in [4.78, 5) is 11.0. The summed E-state index contributed by atoms with van der Waals surface area (Å²) in [5.41, 5.74) is -0.605. The van der Waals surface area contributed by atoms with Gasteiger partial charge in [-0.3, -0.25) is 10.1 Å². The smallest absolute Gasteiger partial charge is 0.320 e. The highest BCUT2D eigenvalue weighted by Crippen LogP contribution is 2.24. The Kier molecular flexibility index (Phi) is 3.64. The van der Waals surface area contributed by atoms with E-state index in [1.807, 2.05) is 0 Å².